The molecule has 2 aliphatic rings. The number of hydrogen-bond acceptors (Lipinski definition) is 5. The largest absolute Gasteiger partial charge is 0.377 e. The number of aryl methyl sites for hydroxylation is 2. The van der Waals surface area contributed by atoms with Crippen LogP contribution in [-0.2, 0) is 16.0 Å². The first-order valence-electron chi connectivity index (χ1n) is 11.6. The van der Waals surface area contributed by atoms with Gasteiger partial charge in [-0.1, -0.05) is 6.08 Å². The number of nitrogens with zero attached hydrogens (tertiary/aromatic N) is 4. The summed E-state index contributed by atoms with van der Waals surface area (Å²) in [5.74, 6) is 0.0812. The summed E-state index contributed by atoms with van der Waals surface area (Å²) in [6.07, 6.45) is 6.81. The Hall–Kier alpha value is -2.25. The lowest BCUT2D eigenvalue weighted by atomic mass is 10.1. The minimum absolute atomic E-state index is 0.0812. The number of aromatic nitrogens is 3. The number of carbonyl (C=O) groups excluding carboxylic acids is 1. The number of ether oxygens (including phenoxy) is 1. The molecule has 4 rings (SSSR count). The number of carbonyl (C=O) groups is 1. The molecule has 0 spiro atoms. The SMILES string of the molecule is Cc1nc2cc([C@H]3CCCN3CC3=CCCOC3)nn2c(C)c1CCC(=O)NC(C)C. The van der Waals surface area contributed by atoms with Gasteiger partial charge in [0, 0.05) is 36.5 Å². The Kier molecular flexibility index (Phi) is 6.72. The van der Waals surface area contributed by atoms with E-state index in [2.05, 4.69) is 29.3 Å². The molecule has 0 bridgehead atoms. The first-order valence-corrected chi connectivity index (χ1v) is 11.6. The summed E-state index contributed by atoms with van der Waals surface area (Å²) in [5.41, 5.74) is 6.57. The van der Waals surface area contributed by atoms with Crippen molar-refractivity contribution in [2.75, 3.05) is 26.3 Å². The molecule has 0 aliphatic carbocycles. The van der Waals surface area contributed by atoms with Gasteiger partial charge >= 0.3 is 0 Å². The molecule has 2 aromatic rings. The highest BCUT2D eigenvalue weighted by Gasteiger charge is 2.29. The average Bonchev–Trinajstić information content (AvgIpc) is 3.34. The maximum Gasteiger partial charge on any atom is 0.220 e. The predicted octanol–water partition coefficient (Wildman–Crippen LogP) is 3.29. The zero-order chi connectivity index (χ0) is 22.0. The lowest BCUT2D eigenvalue weighted by molar-refractivity contribution is -0.121. The Bertz CT molecular complexity index is 978. The average molecular weight is 426 g/mol. The molecule has 7 nitrogen and oxygen atoms in total. The van der Waals surface area contributed by atoms with Crippen LogP contribution in [0.4, 0.5) is 0 Å². The molecule has 0 radical (unpaired) electrons. The quantitative estimate of drug-likeness (QED) is 0.689. The number of amides is 1. The van der Waals surface area contributed by atoms with Crippen molar-refractivity contribution in [3.63, 3.8) is 0 Å². The van der Waals surface area contributed by atoms with Gasteiger partial charge in [-0.15, -0.1) is 0 Å². The summed E-state index contributed by atoms with van der Waals surface area (Å²) in [6.45, 7) is 11.7. The van der Waals surface area contributed by atoms with Gasteiger partial charge in [0.15, 0.2) is 5.65 Å². The van der Waals surface area contributed by atoms with Gasteiger partial charge in [0.25, 0.3) is 0 Å². The molecule has 7 heteroatoms. The monoisotopic (exact) mass is 425 g/mol. The second-order valence-corrected chi connectivity index (χ2v) is 9.15. The third kappa shape index (κ3) is 4.99. The van der Waals surface area contributed by atoms with E-state index >= 15 is 0 Å². The van der Waals surface area contributed by atoms with E-state index in [1.54, 1.807) is 0 Å². The van der Waals surface area contributed by atoms with Gasteiger partial charge in [0.1, 0.15) is 0 Å². The van der Waals surface area contributed by atoms with Crippen molar-refractivity contribution in [3.8, 4) is 0 Å². The molecule has 2 aliphatic heterocycles. The predicted molar refractivity (Wildman–Crippen MR) is 121 cm³/mol. The van der Waals surface area contributed by atoms with Crippen LogP contribution in [0.25, 0.3) is 5.65 Å². The fraction of sp³-hybridized carbons (Fsp3) is 0.625. The first-order chi connectivity index (χ1) is 14.9. The van der Waals surface area contributed by atoms with Crippen molar-refractivity contribution in [1.82, 2.24) is 24.8 Å². The van der Waals surface area contributed by atoms with Crippen LogP contribution >= 0.6 is 0 Å². The van der Waals surface area contributed by atoms with Crippen LogP contribution in [0.5, 0.6) is 0 Å². The molecule has 1 saturated heterocycles. The van der Waals surface area contributed by atoms with Gasteiger partial charge < -0.3 is 10.1 Å². The second-order valence-electron chi connectivity index (χ2n) is 9.15. The minimum Gasteiger partial charge on any atom is -0.377 e. The molecule has 31 heavy (non-hydrogen) atoms. The fourth-order valence-electron chi connectivity index (χ4n) is 4.83. The molecule has 0 saturated carbocycles. The van der Waals surface area contributed by atoms with Gasteiger partial charge in [-0.2, -0.15) is 5.10 Å². The fourth-order valence-corrected chi connectivity index (χ4v) is 4.83. The molecule has 168 valence electrons. The smallest absolute Gasteiger partial charge is 0.220 e. The molecule has 0 unspecified atom stereocenters. The Morgan fingerprint density at radius 3 is 2.94 bits per heavy atom. The van der Waals surface area contributed by atoms with Gasteiger partial charge in [-0.3, -0.25) is 9.69 Å². The Labute approximate surface area is 184 Å². The van der Waals surface area contributed by atoms with Crippen molar-refractivity contribution in [2.24, 2.45) is 0 Å². The van der Waals surface area contributed by atoms with Crippen molar-refractivity contribution in [2.45, 2.75) is 71.9 Å². The third-order valence-electron chi connectivity index (χ3n) is 6.33. The highest BCUT2D eigenvalue weighted by Crippen LogP contribution is 2.33. The van der Waals surface area contributed by atoms with E-state index in [1.807, 2.05) is 25.3 Å². The van der Waals surface area contributed by atoms with Gasteiger partial charge in [0.2, 0.25) is 5.91 Å². The van der Waals surface area contributed by atoms with E-state index in [4.69, 9.17) is 14.8 Å². The maximum absolute atomic E-state index is 12.1. The number of likely N-dealkylation sites (tertiary alicyclic amines) is 1. The summed E-state index contributed by atoms with van der Waals surface area (Å²) in [7, 11) is 0. The van der Waals surface area contributed by atoms with E-state index in [-0.39, 0.29) is 11.9 Å². The van der Waals surface area contributed by atoms with Crippen molar-refractivity contribution in [3.05, 3.63) is 40.4 Å². The first kappa shape index (κ1) is 22.0. The highest BCUT2D eigenvalue weighted by atomic mass is 16.5. The van der Waals surface area contributed by atoms with Crippen LogP contribution in [-0.4, -0.2) is 57.8 Å². The standard InChI is InChI=1S/C24H35N5O2/c1-16(2)25-24(30)10-9-20-17(3)26-23-13-21(27-29(23)18(20)4)22-8-5-11-28(22)14-19-7-6-12-31-15-19/h7,13,16,22H,5-6,8-12,14-15H2,1-4H3,(H,25,30)/t22-/m1/s1. The molecule has 4 heterocycles. The van der Waals surface area contributed by atoms with Crippen LogP contribution in [0.3, 0.4) is 0 Å². The van der Waals surface area contributed by atoms with Crippen LogP contribution in [0.2, 0.25) is 0 Å². The molecule has 1 N–H and O–H groups in total. The summed E-state index contributed by atoms with van der Waals surface area (Å²) in [4.78, 5) is 19.5. The molecule has 1 amide bonds. The minimum atomic E-state index is 0.0812. The number of fused-ring (bicyclic) bond motifs is 1. The Morgan fingerprint density at radius 2 is 2.19 bits per heavy atom. The van der Waals surface area contributed by atoms with E-state index in [9.17, 15) is 4.79 Å². The molecule has 0 aromatic carbocycles. The Balaban J connectivity index is 1.54. The van der Waals surface area contributed by atoms with Crippen LogP contribution in [0, 0.1) is 13.8 Å². The zero-order valence-corrected chi connectivity index (χ0v) is 19.3. The maximum atomic E-state index is 12.1. The molecule has 1 atom stereocenters. The summed E-state index contributed by atoms with van der Waals surface area (Å²) in [6, 6.07) is 2.63. The van der Waals surface area contributed by atoms with Gasteiger partial charge in [-0.05, 0) is 71.1 Å². The van der Waals surface area contributed by atoms with Crippen molar-refractivity contribution in [1.29, 1.82) is 0 Å². The Morgan fingerprint density at radius 1 is 1.35 bits per heavy atom. The third-order valence-corrected chi connectivity index (χ3v) is 6.33. The topological polar surface area (TPSA) is 71.8 Å². The normalized spacial score (nSPS) is 19.9. The number of rotatable bonds is 7. The summed E-state index contributed by atoms with van der Waals surface area (Å²) < 4.78 is 7.60. The van der Waals surface area contributed by atoms with Crippen LogP contribution < -0.4 is 5.32 Å². The lowest BCUT2D eigenvalue weighted by Crippen LogP contribution is -2.30. The van der Waals surface area contributed by atoms with E-state index in [1.165, 1.54) is 12.0 Å². The highest BCUT2D eigenvalue weighted by molar-refractivity contribution is 5.76. The van der Waals surface area contributed by atoms with Crippen molar-refractivity contribution >= 4 is 11.6 Å². The van der Waals surface area contributed by atoms with Crippen LogP contribution in [0.15, 0.2) is 17.7 Å². The van der Waals surface area contributed by atoms with Crippen molar-refractivity contribution < 1.29 is 9.53 Å². The lowest BCUT2D eigenvalue weighted by Gasteiger charge is -2.25. The number of hydrogen-bond donors (Lipinski definition) is 1. The molecular formula is C24H35N5O2. The molecule has 1 fully saturated rings. The second kappa shape index (κ2) is 9.49. The summed E-state index contributed by atoms with van der Waals surface area (Å²) >= 11 is 0. The van der Waals surface area contributed by atoms with E-state index < -0.39 is 0 Å². The summed E-state index contributed by atoms with van der Waals surface area (Å²) in [5, 5.41) is 7.94. The van der Waals surface area contributed by atoms with Crippen LogP contribution in [0.1, 0.15) is 68.2 Å². The zero-order valence-electron chi connectivity index (χ0n) is 19.3. The molecule has 2 aromatic heterocycles. The van der Waals surface area contributed by atoms with E-state index in [0.717, 1.165) is 67.4 Å². The van der Waals surface area contributed by atoms with Gasteiger partial charge in [0.05, 0.1) is 24.9 Å². The number of nitrogens with one attached hydrogen (secondary N) is 1. The molecular weight excluding hydrogens is 390 g/mol. The van der Waals surface area contributed by atoms with E-state index in [0.29, 0.717) is 18.9 Å². The van der Waals surface area contributed by atoms with Gasteiger partial charge in [-0.25, -0.2) is 9.50 Å².